The Morgan fingerprint density at radius 1 is 1.15 bits per heavy atom. The van der Waals surface area contributed by atoms with Gasteiger partial charge in [0, 0.05) is 18.5 Å². The van der Waals surface area contributed by atoms with Gasteiger partial charge in [-0.25, -0.2) is 9.36 Å². The van der Waals surface area contributed by atoms with E-state index in [0.717, 1.165) is 18.6 Å². The number of fused-ring (bicyclic) bond motifs is 1. The summed E-state index contributed by atoms with van der Waals surface area (Å²) in [4.78, 5) is 25.0. The van der Waals surface area contributed by atoms with E-state index < -0.39 is 23.1 Å². The van der Waals surface area contributed by atoms with Crippen LogP contribution in [0.1, 0.15) is 17.0 Å². The summed E-state index contributed by atoms with van der Waals surface area (Å²) in [7, 11) is 0.936. The Labute approximate surface area is 187 Å². The number of aromatic hydroxyl groups is 1. The number of nitriles is 1. The minimum Gasteiger partial charge on any atom is -0.508 e. The summed E-state index contributed by atoms with van der Waals surface area (Å²) < 4.78 is 45.3. The number of phenolic OH excluding ortho intramolecular Hbond substituents is 1. The molecule has 0 radical (unpaired) electrons. The smallest absolute Gasteiger partial charge is 0.431 e. The molecule has 7 nitrogen and oxygen atoms in total. The summed E-state index contributed by atoms with van der Waals surface area (Å²) >= 11 is 1.09. The lowest BCUT2D eigenvalue weighted by molar-refractivity contribution is -0.144. The van der Waals surface area contributed by atoms with Crippen molar-refractivity contribution in [2.75, 3.05) is 0 Å². The van der Waals surface area contributed by atoms with Crippen molar-refractivity contribution in [3.05, 3.63) is 86.3 Å². The fraction of sp³-hybridized carbons (Fsp3) is 0.0909. The Morgan fingerprint density at radius 2 is 1.85 bits per heavy atom. The van der Waals surface area contributed by atoms with Crippen LogP contribution in [-0.2, 0) is 13.2 Å². The quantitative estimate of drug-likeness (QED) is 0.457. The lowest BCUT2D eigenvalue weighted by Crippen LogP contribution is -2.40. The lowest BCUT2D eigenvalue weighted by atomic mass is 10.1. The Balaban J connectivity index is 1.89. The number of nitrogens with zero attached hydrogens (tertiary/aromatic N) is 4. The van der Waals surface area contributed by atoms with E-state index in [9.17, 15) is 33.1 Å². The number of halogens is 3. The minimum atomic E-state index is -4.86. The third-order valence-corrected chi connectivity index (χ3v) is 5.73. The van der Waals surface area contributed by atoms with Crippen molar-refractivity contribution in [2.24, 2.45) is 7.05 Å². The predicted molar refractivity (Wildman–Crippen MR) is 117 cm³/mol. The zero-order valence-electron chi connectivity index (χ0n) is 16.8. The van der Waals surface area contributed by atoms with Crippen molar-refractivity contribution in [1.82, 2.24) is 13.5 Å². The van der Waals surface area contributed by atoms with Crippen LogP contribution >= 0.6 is 11.5 Å². The van der Waals surface area contributed by atoms with E-state index >= 15 is 0 Å². The molecule has 11 heteroatoms. The van der Waals surface area contributed by atoms with E-state index in [0.29, 0.717) is 36.5 Å². The second-order valence-electron chi connectivity index (χ2n) is 7.02. The van der Waals surface area contributed by atoms with E-state index in [2.05, 4.69) is 10.4 Å². The molecule has 0 aliphatic carbocycles. The minimum absolute atomic E-state index is 0.0465. The van der Waals surface area contributed by atoms with E-state index in [-0.39, 0.29) is 17.0 Å². The lowest BCUT2D eigenvalue weighted by Gasteiger charge is -2.14. The van der Waals surface area contributed by atoms with Gasteiger partial charge in [-0.15, -0.1) is 0 Å². The van der Waals surface area contributed by atoms with Crippen molar-refractivity contribution < 1.29 is 18.3 Å². The Bertz CT molecular complexity index is 1570. The molecular formula is C22H13F3N4O3S. The first kappa shape index (κ1) is 22.0. The standard InChI is InChI=1S/C22H13F3N4O3S/c1-28-18(22(23,24)25)10-19(31)29(21(28)32)14-4-7-17-16(9-14)20(27-33-17)13(11-26)8-12-2-5-15(30)6-3-12/h2-10,30H,1H3. The molecule has 0 saturated carbocycles. The molecule has 2 aromatic heterocycles. The molecule has 0 unspecified atom stereocenters. The molecule has 0 aliphatic rings. The average molecular weight is 470 g/mol. The highest BCUT2D eigenvalue weighted by Crippen LogP contribution is 2.31. The first-order valence-corrected chi connectivity index (χ1v) is 10.1. The molecule has 2 aromatic carbocycles. The van der Waals surface area contributed by atoms with Gasteiger partial charge in [0.1, 0.15) is 23.2 Å². The first-order valence-electron chi connectivity index (χ1n) is 9.31. The Kier molecular flexibility index (Phi) is 5.39. The van der Waals surface area contributed by atoms with E-state index in [1.54, 1.807) is 24.3 Å². The van der Waals surface area contributed by atoms with Gasteiger partial charge >= 0.3 is 11.9 Å². The van der Waals surface area contributed by atoms with E-state index in [1.165, 1.54) is 24.3 Å². The maximum Gasteiger partial charge on any atom is 0.431 e. The largest absolute Gasteiger partial charge is 0.508 e. The highest BCUT2D eigenvalue weighted by molar-refractivity contribution is 7.13. The van der Waals surface area contributed by atoms with Crippen LogP contribution < -0.4 is 11.2 Å². The molecule has 0 amide bonds. The van der Waals surface area contributed by atoms with Crippen LogP contribution in [0.2, 0.25) is 0 Å². The summed E-state index contributed by atoms with van der Waals surface area (Å²) in [6.07, 6.45) is -3.30. The van der Waals surface area contributed by atoms with Gasteiger partial charge in [-0.05, 0) is 53.5 Å². The number of phenols is 1. The summed E-state index contributed by atoms with van der Waals surface area (Å²) in [5.41, 5.74) is -2.47. The molecular weight excluding hydrogens is 457 g/mol. The molecule has 0 spiro atoms. The first-order chi connectivity index (χ1) is 15.6. The van der Waals surface area contributed by atoms with Crippen molar-refractivity contribution in [1.29, 1.82) is 5.26 Å². The number of aromatic nitrogens is 3. The summed E-state index contributed by atoms with van der Waals surface area (Å²) in [5.74, 6) is 0.0676. The van der Waals surface area contributed by atoms with Gasteiger partial charge in [-0.2, -0.15) is 22.8 Å². The van der Waals surface area contributed by atoms with Crippen molar-refractivity contribution in [3.63, 3.8) is 0 Å². The van der Waals surface area contributed by atoms with Gasteiger partial charge in [-0.3, -0.25) is 9.36 Å². The van der Waals surface area contributed by atoms with Crippen molar-refractivity contribution >= 4 is 33.3 Å². The van der Waals surface area contributed by atoms with Crippen LogP contribution in [0.4, 0.5) is 13.2 Å². The average Bonchev–Trinajstić information content (AvgIpc) is 3.18. The fourth-order valence-electron chi connectivity index (χ4n) is 3.29. The van der Waals surface area contributed by atoms with Crippen LogP contribution in [0, 0.1) is 11.3 Å². The second-order valence-corrected chi connectivity index (χ2v) is 7.82. The number of hydrogen-bond donors (Lipinski definition) is 1. The Hall–Kier alpha value is -4.17. The van der Waals surface area contributed by atoms with Gasteiger partial charge in [0.25, 0.3) is 5.56 Å². The number of hydrogen-bond acceptors (Lipinski definition) is 6. The normalized spacial score (nSPS) is 12.2. The zero-order valence-corrected chi connectivity index (χ0v) is 17.6. The molecule has 4 aromatic rings. The molecule has 1 N–H and O–H groups in total. The molecule has 0 aliphatic heterocycles. The van der Waals surface area contributed by atoms with Gasteiger partial charge < -0.3 is 5.11 Å². The van der Waals surface area contributed by atoms with Gasteiger partial charge in [0.15, 0.2) is 0 Å². The zero-order chi connectivity index (χ0) is 23.9. The number of benzene rings is 2. The molecule has 166 valence electrons. The van der Waals surface area contributed by atoms with Crippen LogP contribution in [0.5, 0.6) is 5.75 Å². The number of alkyl halides is 3. The predicted octanol–water partition coefficient (Wildman–Crippen LogP) is 3.93. The SMILES string of the molecule is Cn1c(C(F)(F)F)cc(=O)n(-c2ccc3snc(C(C#N)=Cc4ccc(O)cc4)c3c2)c1=O. The molecule has 4 rings (SSSR count). The van der Waals surface area contributed by atoms with Crippen molar-refractivity contribution in [2.45, 2.75) is 6.18 Å². The monoisotopic (exact) mass is 470 g/mol. The molecule has 33 heavy (non-hydrogen) atoms. The third-order valence-electron chi connectivity index (χ3n) is 4.90. The van der Waals surface area contributed by atoms with E-state index in [4.69, 9.17) is 0 Å². The number of rotatable bonds is 3. The van der Waals surface area contributed by atoms with Crippen LogP contribution in [0.25, 0.3) is 27.4 Å². The maximum atomic E-state index is 13.1. The molecule has 0 bridgehead atoms. The van der Waals surface area contributed by atoms with Crippen LogP contribution in [0.15, 0.2) is 58.1 Å². The molecule has 0 fully saturated rings. The van der Waals surface area contributed by atoms with Crippen LogP contribution in [0.3, 0.4) is 0 Å². The molecule has 0 atom stereocenters. The molecule has 0 saturated heterocycles. The maximum absolute atomic E-state index is 13.1. The fourth-order valence-corrected chi connectivity index (χ4v) is 4.06. The van der Waals surface area contributed by atoms with Gasteiger partial charge in [0.2, 0.25) is 0 Å². The van der Waals surface area contributed by atoms with Crippen LogP contribution in [-0.4, -0.2) is 18.6 Å². The second kappa shape index (κ2) is 8.07. The summed E-state index contributed by atoms with van der Waals surface area (Å²) in [6, 6.07) is 13.0. The number of allylic oxidation sites excluding steroid dienone is 1. The van der Waals surface area contributed by atoms with Gasteiger partial charge in [-0.1, -0.05) is 12.1 Å². The topological polar surface area (TPSA) is 101 Å². The van der Waals surface area contributed by atoms with Gasteiger partial charge in [0.05, 0.1) is 16.0 Å². The summed E-state index contributed by atoms with van der Waals surface area (Å²) in [5, 5.41) is 19.6. The highest BCUT2D eigenvalue weighted by atomic mass is 32.1. The third kappa shape index (κ3) is 4.04. The highest BCUT2D eigenvalue weighted by Gasteiger charge is 2.35. The van der Waals surface area contributed by atoms with E-state index in [1.807, 2.05) is 0 Å². The Morgan fingerprint density at radius 3 is 2.48 bits per heavy atom. The molecule has 2 heterocycles. The van der Waals surface area contributed by atoms with Crippen molar-refractivity contribution in [3.8, 4) is 17.5 Å². The summed E-state index contributed by atoms with van der Waals surface area (Å²) in [6.45, 7) is 0.